The molecule has 2 N–H and O–H groups in total. The number of carbonyl (C=O) groups is 1. The van der Waals surface area contributed by atoms with E-state index in [1.54, 1.807) is 0 Å². The number of hydrogen-bond donors (Lipinski definition) is 2. The summed E-state index contributed by atoms with van der Waals surface area (Å²) in [6.45, 7) is 7.94. The van der Waals surface area contributed by atoms with Crippen LogP contribution in [-0.4, -0.2) is 73.2 Å². The van der Waals surface area contributed by atoms with E-state index in [9.17, 15) is 9.90 Å². The molecule has 0 radical (unpaired) electrons. The smallest absolute Gasteiger partial charge is 0.306 e. The second-order valence-corrected chi connectivity index (χ2v) is 3.95. The molecule has 0 rings (SSSR count). The number of ether oxygens (including phenoxy) is 2. The van der Waals surface area contributed by atoms with Crippen LogP contribution in [0.15, 0.2) is 0 Å². The van der Waals surface area contributed by atoms with Crippen molar-refractivity contribution in [2.75, 3.05) is 46.1 Å². The van der Waals surface area contributed by atoms with Gasteiger partial charge in [0.2, 0.25) is 0 Å². The summed E-state index contributed by atoms with van der Waals surface area (Å²) in [5.74, 6) is -0.989. The van der Waals surface area contributed by atoms with Crippen LogP contribution in [0.4, 0.5) is 0 Å². The Kier molecular flexibility index (Phi) is 11.0. The summed E-state index contributed by atoms with van der Waals surface area (Å²) >= 11 is 0. The molecule has 0 spiro atoms. The molecule has 0 aliphatic heterocycles. The van der Waals surface area contributed by atoms with Crippen LogP contribution in [0.5, 0.6) is 0 Å². The SMILES string of the molecule is CCOCCN(CCOCC)CC(O)CC(=O)O. The van der Waals surface area contributed by atoms with Crippen molar-refractivity contribution in [2.45, 2.75) is 26.4 Å². The normalized spacial score (nSPS) is 12.9. The summed E-state index contributed by atoms with van der Waals surface area (Å²) in [4.78, 5) is 12.4. The van der Waals surface area contributed by atoms with E-state index in [4.69, 9.17) is 14.6 Å². The number of carboxylic acid groups (broad SMARTS) is 1. The van der Waals surface area contributed by atoms with E-state index in [0.29, 0.717) is 46.1 Å². The minimum absolute atomic E-state index is 0.236. The van der Waals surface area contributed by atoms with Gasteiger partial charge in [0.05, 0.1) is 25.7 Å². The maximum absolute atomic E-state index is 10.5. The molecule has 0 amide bonds. The predicted molar refractivity (Wildman–Crippen MR) is 67.7 cm³/mol. The number of carboxylic acids is 1. The van der Waals surface area contributed by atoms with Gasteiger partial charge in [-0.25, -0.2) is 0 Å². The summed E-state index contributed by atoms with van der Waals surface area (Å²) in [5, 5.41) is 18.2. The van der Waals surface area contributed by atoms with Crippen molar-refractivity contribution in [3.8, 4) is 0 Å². The number of hydrogen-bond acceptors (Lipinski definition) is 5. The second kappa shape index (κ2) is 11.4. The summed E-state index contributed by atoms with van der Waals surface area (Å²) in [5.41, 5.74) is 0. The number of nitrogens with zero attached hydrogens (tertiary/aromatic N) is 1. The molecule has 0 heterocycles. The Morgan fingerprint density at radius 3 is 2.06 bits per heavy atom. The molecule has 1 atom stereocenters. The fourth-order valence-corrected chi connectivity index (χ4v) is 1.53. The van der Waals surface area contributed by atoms with Gasteiger partial charge < -0.3 is 19.7 Å². The standard InChI is InChI=1S/C12H25NO5/c1-3-17-7-5-13(6-8-18-4-2)10-11(14)9-12(15)16/h11,14H,3-10H2,1-2H3,(H,15,16). The molecular weight excluding hydrogens is 238 g/mol. The van der Waals surface area contributed by atoms with Gasteiger partial charge in [0.25, 0.3) is 0 Å². The molecule has 0 aromatic heterocycles. The highest BCUT2D eigenvalue weighted by Crippen LogP contribution is 1.98. The quantitative estimate of drug-likeness (QED) is 0.490. The van der Waals surface area contributed by atoms with Gasteiger partial charge in [-0.1, -0.05) is 0 Å². The highest BCUT2D eigenvalue weighted by molar-refractivity contribution is 5.67. The van der Waals surface area contributed by atoms with Crippen molar-refractivity contribution in [3.05, 3.63) is 0 Å². The molecule has 6 nitrogen and oxygen atoms in total. The molecule has 18 heavy (non-hydrogen) atoms. The summed E-state index contributed by atoms with van der Waals surface area (Å²) in [7, 11) is 0. The van der Waals surface area contributed by atoms with Crippen LogP contribution in [0, 0.1) is 0 Å². The summed E-state index contributed by atoms with van der Waals surface area (Å²) in [6, 6.07) is 0. The van der Waals surface area contributed by atoms with E-state index < -0.39 is 12.1 Å². The van der Waals surface area contributed by atoms with Gasteiger partial charge in [0.1, 0.15) is 0 Å². The molecule has 0 saturated carbocycles. The third-order valence-corrected chi connectivity index (χ3v) is 2.39. The first kappa shape index (κ1) is 17.3. The lowest BCUT2D eigenvalue weighted by Gasteiger charge is -2.24. The van der Waals surface area contributed by atoms with Crippen molar-refractivity contribution < 1.29 is 24.5 Å². The maximum atomic E-state index is 10.5. The lowest BCUT2D eigenvalue weighted by Crippen LogP contribution is -2.38. The predicted octanol–water partition coefficient (Wildman–Crippen LogP) is 0.197. The van der Waals surface area contributed by atoms with Gasteiger partial charge in [-0.05, 0) is 13.8 Å². The van der Waals surface area contributed by atoms with Crippen molar-refractivity contribution in [3.63, 3.8) is 0 Å². The van der Waals surface area contributed by atoms with Crippen LogP contribution < -0.4 is 0 Å². The van der Waals surface area contributed by atoms with Gasteiger partial charge in [0.15, 0.2) is 0 Å². The van der Waals surface area contributed by atoms with Gasteiger partial charge in [0, 0.05) is 32.8 Å². The van der Waals surface area contributed by atoms with Crippen molar-refractivity contribution in [1.29, 1.82) is 0 Å². The Balaban J connectivity index is 3.96. The average molecular weight is 263 g/mol. The Hall–Kier alpha value is -0.690. The molecule has 108 valence electrons. The van der Waals surface area contributed by atoms with Gasteiger partial charge in [-0.2, -0.15) is 0 Å². The van der Waals surface area contributed by atoms with Crippen LogP contribution in [-0.2, 0) is 14.3 Å². The van der Waals surface area contributed by atoms with Gasteiger partial charge in [-0.15, -0.1) is 0 Å². The first-order valence-electron chi connectivity index (χ1n) is 6.37. The molecule has 0 saturated heterocycles. The van der Waals surface area contributed by atoms with Crippen molar-refractivity contribution in [2.24, 2.45) is 0 Å². The molecule has 1 unspecified atom stereocenters. The first-order valence-corrected chi connectivity index (χ1v) is 6.37. The Morgan fingerprint density at radius 2 is 1.67 bits per heavy atom. The van der Waals surface area contributed by atoms with Crippen molar-refractivity contribution >= 4 is 5.97 Å². The molecule has 0 aromatic carbocycles. The zero-order chi connectivity index (χ0) is 13.8. The molecule has 0 fully saturated rings. The van der Waals surface area contributed by atoms with E-state index in [0.717, 1.165) is 0 Å². The summed E-state index contributed by atoms with van der Waals surface area (Å²) in [6.07, 6.45) is -1.09. The third-order valence-electron chi connectivity index (χ3n) is 2.39. The van der Waals surface area contributed by atoms with E-state index in [2.05, 4.69) is 0 Å². The van der Waals surface area contributed by atoms with E-state index in [-0.39, 0.29) is 6.42 Å². The van der Waals surface area contributed by atoms with Crippen molar-refractivity contribution in [1.82, 2.24) is 4.90 Å². The second-order valence-electron chi connectivity index (χ2n) is 3.95. The largest absolute Gasteiger partial charge is 0.481 e. The minimum Gasteiger partial charge on any atom is -0.481 e. The zero-order valence-corrected chi connectivity index (χ0v) is 11.3. The third kappa shape index (κ3) is 10.5. The molecule has 0 aliphatic carbocycles. The van der Waals surface area contributed by atoms with Gasteiger partial charge in [-0.3, -0.25) is 9.69 Å². The number of rotatable bonds is 12. The lowest BCUT2D eigenvalue weighted by atomic mass is 10.2. The van der Waals surface area contributed by atoms with Crippen LogP contribution >= 0.6 is 0 Å². The van der Waals surface area contributed by atoms with E-state index in [1.807, 2.05) is 18.7 Å². The number of aliphatic carboxylic acids is 1. The maximum Gasteiger partial charge on any atom is 0.306 e. The van der Waals surface area contributed by atoms with E-state index in [1.165, 1.54) is 0 Å². The van der Waals surface area contributed by atoms with Crippen LogP contribution in [0.25, 0.3) is 0 Å². The first-order chi connectivity index (χ1) is 8.60. The topological polar surface area (TPSA) is 79.2 Å². The highest BCUT2D eigenvalue weighted by Gasteiger charge is 2.14. The van der Waals surface area contributed by atoms with Gasteiger partial charge >= 0.3 is 5.97 Å². The lowest BCUT2D eigenvalue weighted by molar-refractivity contribution is -0.139. The highest BCUT2D eigenvalue weighted by atomic mass is 16.5. The zero-order valence-electron chi connectivity index (χ0n) is 11.3. The summed E-state index contributed by atoms with van der Waals surface area (Å²) < 4.78 is 10.5. The van der Waals surface area contributed by atoms with Crippen LogP contribution in [0.3, 0.4) is 0 Å². The number of aliphatic hydroxyl groups excluding tert-OH is 1. The molecule has 0 bridgehead atoms. The Labute approximate surface area is 108 Å². The minimum atomic E-state index is -0.989. The van der Waals surface area contributed by atoms with E-state index >= 15 is 0 Å². The molecular formula is C12H25NO5. The monoisotopic (exact) mass is 263 g/mol. The molecule has 6 heteroatoms. The molecule has 0 aromatic rings. The van der Waals surface area contributed by atoms with Crippen LogP contribution in [0.1, 0.15) is 20.3 Å². The van der Waals surface area contributed by atoms with Crippen LogP contribution in [0.2, 0.25) is 0 Å². The Bertz CT molecular complexity index is 203. The fraction of sp³-hybridized carbons (Fsp3) is 0.917. The average Bonchev–Trinajstić information content (AvgIpc) is 2.28. The number of aliphatic hydroxyl groups is 1. The Morgan fingerprint density at radius 1 is 1.17 bits per heavy atom. The molecule has 0 aliphatic rings. The fourth-order valence-electron chi connectivity index (χ4n) is 1.53.